The molecular weight excluding hydrogens is 146 g/mol. The second kappa shape index (κ2) is 2.99. The molecule has 0 aliphatic carbocycles. The van der Waals surface area contributed by atoms with Crippen LogP contribution in [0.5, 0.6) is 0 Å². The minimum Gasteiger partial charge on any atom is -1.00 e. The van der Waals surface area contributed by atoms with Crippen LogP contribution in [0.4, 0.5) is 0 Å². The summed E-state index contributed by atoms with van der Waals surface area (Å²) in [5, 5.41) is 6.94. The molecule has 0 aromatic rings. The molecule has 1 rings (SSSR count). The van der Waals surface area contributed by atoms with Gasteiger partial charge in [-0.3, -0.25) is 0 Å². The minimum absolute atomic E-state index is 0. The summed E-state index contributed by atoms with van der Waals surface area (Å²) in [5.74, 6) is 0. The molecule has 0 bridgehead atoms. The number of hydrogen-bond acceptors (Lipinski definition) is 2. The Morgan fingerprint density at radius 2 is 2.33 bits per heavy atom. The standard InChI is InChI=1S/C2H3N3.BrH/c1-2-4-5-3-1;/h1-2H,(H,3,4,5);1H. The van der Waals surface area contributed by atoms with Crippen LogP contribution < -0.4 is 22.4 Å². The zero-order valence-electron chi connectivity index (χ0n) is 3.00. The van der Waals surface area contributed by atoms with Gasteiger partial charge in [0.2, 0.25) is 0 Å². The lowest BCUT2D eigenvalue weighted by Gasteiger charge is -1.56. The van der Waals surface area contributed by atoms with E-state index in [4.69, 9.17) is 0 Å². The molecule has 0 spiro atoms. The Hall–Kier alpha value is -0.220. The van der Waals surface area contributed by atoms with Gasteiger partial charge in [0.25, 0.3) is 0 Å². The van der Waals surface area contributed by atoms with E-state index >= 15 is 0 Å². The predicted molar refractivity (Wildman–Crippen MR) is 15.9 cm³/mol. The average molecular weight is 150 g/mol. The van der Waals surface area contributed by atoms with Gasteiger partial charge in [-0.25, -0.2) is 0 Å². The van der Waals surface area contributed by atoms with Crippen molar-refractivity contribution >= 4 is 0 Å². The second-order valence-electron chi connectivity index (χ2n) is 0.722. The Labute approximate surface area is 45.9 Å². The predicted octanol–water partition coefficient (Wildman–Crippen LogP) is -3.59. The maximum Gasteiger partial charge on any atom is 0.141 e. The van der Waals surface area contributed by atoms with Gasteiger partial charge in [0.15, 0.2) is 0 Å². The quantitative estimate of drug-likeness (QED) is 0.347. The summed E-state index contributed by atoms with van der Waals surface area (Å²) in [6, 6.07) is 0. The highest BCUT2D eigenvalue weighted by Crippen LogP contribution is 1.69. The van der Waals surface area contributed by atoms with E-state index in [2.05, 4.69) is 10.3 Å². The van der Waals surface area contributed by atoms with Crippen LogP contribution in [0.2, 0.25) is 0 Å². The molecule has 4 heteroatoms. The lowest BCUT2D eigenvalue weighted by atomic mass is 11.0. The van der Waals surface area contributed by atoms with E-state index in [1.807, 2.05) is 0 Å². The molecule has 2 N–H and O–H groups in total. The fourth-order valence-corrected chi connectivity index (χ4v) is 0.192. The highest BCUT2D eigenvalue weighted by atomic mass is 79.9. The van der Waals surface area contributed by atoms with Gasteiger partial charge in [0, 0.05) is 5.22 Å². The van der Waals surface area contributed by atoms with Crippen LogP contribution in [0, 0.1) is 0 Å². The number of quaternary nitrogens is 1. The summed E-state index contributed by atoms with van der Waals surface area (Å²) in [7, 11) is 0. The van der Waals surface area contributed by atoms with Gasteiger partial charge in [-0.05, 0) is 0 Å². The van der Waals surface area contributed by atoms with E-state index in [0.717, 1.165) is 0 Å². The fraction of sp³-hybridized carbons (Fsp3) is 0. The first-order valence-corrected chi connectivity index (χ1v) is 1.38. The molecule has 0 amide bonds. The molecule has 3 nitrogen and oxygen atoms in total. The lowest BCUT2D eigenvalue weighted by molar-refractivity contribution is -0.595. The topological polar surface area (TPSA) is 41.3 Å². The first kappa shape index (κ1) is 5.78. The molecule has 0 aromatic carbocycles. The molecule has 1 aliphatic rings. The van der Waals surface area contributed by atoms with Crippen molar-refractivity contribution in [3.8, 4) is 0 Å². The fourth-order valence-electron chi connectivity index (χ4n) is 0.192. The third kappa shape index (κ3) is 1.28. The summed E-state index contributed by atoms with van der Waals surface area (Å²) < 4.78 is 0. The number of hydrogen-bond donors (Lipinski definition) is 1. The maximum absolute atomic E-state index is 3.47. The van der Waals surface area contributed by atoms with Crippen LogP contribution in [0.1, 0.15) is 0 Å². The maximum atomic E-state index is 3.47. The molecule has 0 radical (unpaired) electrons. The normalized spacial score (nSPS) is 14.7. The van der Waals surface area contributed by atoms with Gasteiger partial charge in [-0.1, -0.05) is 0 Å². The lowest BCUT2D eigenvalue weighted by Crippen LogP contribution is -3.00. The van der Waals surface area contributed by atoms with Crippen molar-refractivity contribution in [1.82, 2.24) is 0 Å². The highest BCUT2D eigenvalue weighted by molar-refractivity contribution is 4.65. The molecule has 0 aromatic heterocycles. The largest absolute Gasteiger partial charge is 1.00 e. The van der Waals surface area contributed by atoms with E-state index in [1.165, 1.54) is 0 Å². The zero-order chi connectivity index (χ0) is 3.54. The molecule has 0 unspecified atom stereocenters. The molecule has 6 heavy (non-hydrogen) atoms. The molecule has 0 saturated heterocycles. The van der Waals surface area contributed by atoms with Crippen molar-refractivity contribution in [1.29, 1.82) is 0 Å². The van der Waals surface area contributed by atoms with Gasteiger partial charge in [0.05, 0.1) is 0 Å². The van der Waals surface area contributed by atoms with Crippen molar-refractivity contribution < 1.29 is 22.4 Å². The van der Waals surface area contributed by atoms with Crippen LogP contribution in [-0.2, 0) is 0 Å². The molecule has 0 saturated carbocycles. The second-order valence-corrected chi connectivity index (χ2v) is 0.722. The van der Waals surface area contributed by atoms with Crippen LogP contribution in [0.3, 0.4) is 0 Å². The van der Waals surface area contributed by atoms with Crippen LogP contribution in [0.25, 0.3) is 0 Å². The third-order valence-corrected chi connectivity index (χ3v) is 0.372. The summed E-state index contributed by atoms with van der Waals surface area (Å²) in [6.45, 7) is 0. The number of halogens is 1. The van der Waals surface area contributed by atoms with Gasteiger partial charge < -0.3 is 17.0 Å². The summed E-state index contributed by atoms with van der Waals surface area (Å²) >= 11 is 0. The highest BCUT2D eigenvalue weighted by Gasteiger charge is 1.77. The van der Waals surface area contributed by atoms with Crippen molar-refractivity contribution in [2.75, 3.05) is 0 Å². The van der Waals surface area contributed by atoms with Gasteiger partial charge >= 0.3 is 0 Å². The van der Waals surface area contributed by atoms with Crippen LogP contribution >= 0.6 is 0 Å². The smallest absolute Gasteiger partial charge is 0.141 e. The number of nitrogens with zero attached hydrogens (tertiary/aromatic N) is 2. The van der Waals surface area contributed by atoms with E-state index < -0.39 is 0 Å². The minimum atomic E-state index is 0. The van der Waals surface area contributed by atoms with Crippen molar-refractivity contribution in [2.45, 2.75) is 0 Å². The van der Waals surface area contributed by atoms with E-state index in [1.54, 1.807) is 17.8 Å². The SMILES string of the molecule is C1=C[NH2+]N=N1.[Br-]. The Bertz CT molecular complexity index is 66.9. The average Bonchev–Trinajstić information content (AvgIpc) is 1.76. The van der Waals surface area contributed by atoms with Crippen molar-refractivity contribution in [3.05, 3.63) is 12.4 Å². The van der Waals surface area contributed by atoms with Crippen LogP contribution in [-0.4, -0.2) is 0 Å². The molecule has 1 aliphatic heterocycles. The van der Waals surface area contributed by atoms with Gasteiger partial charge in [-0.15, -0.1) is 5.11 Å². The number of rotatable bonds is 0. The van der Waals surface area contributed by atoms with E-state index in [0.29, 0.717) is 0 Å². The molecule has 1 heterocycles. The Balaban J connectivity index is 0.000000250. The third-order valence-electron chi connectivity index (χ3n) is 0.372. The van der Waals surface area contributed by atoms with Crippen LogP contribution in [0.15, 0.2) is 22.7 Å². The van der Waals surface area contributed by atoms with E-state index in [9.17, 15) is 0 Å². The summed E-state index contributed by atoms with van der Waals surface area (Å²) in [5.41, 5.74) is 1.64. The molecule has 0 fully saturated rings. The van der Waals surface area contributed by atoms with Gasteiger partial charge in [0.1, 0.15) is 12.4 Å². The van der Waals surface area contributed by atoms with E-state index in [-0.39, 0.29) is 17.0 Å². The zero-order valence-corrected chi connectivity index (χ0v) is 4.59. The Morgan fingerprint density at radius 3 is 2.50 bits per heavy atom. The molecule has 34 valence electrons. The van der Waals surface area contributed by atoms with Crippen molar-refractivity contribution in [2.24, 2.45) is 10.3 Å². The summed E-state index contributed by atoms with van der Waals surface area (Å²) in [4.78, 5) is 0. The first-order chi connectivity index (χ1) is 2.50. The Morgan fingerprint density at radius 1 is 1.50 bits per heavy atom. The summed E-state index contributed by atoms with van der Waals surface area (Å²) in [6.07, 6.45) is 3.42. The Kier molecular flexibility index (Phi) is 2.88. The first-order valence-electron chi connectivity index (χ1n) is 1.38. The number of nitrogens with two attached hydrogens (primary N) is 1. The van der Waals surface area contributed by atoms with Gasteiger partial charge in [-0.2, -0.15) is 5.43 Å². The molecule has 0 atom stereocenters. The van der Waals surface area contributed by atoms with Crippen molar-refractivity contribution in [3.63, 3.8) is 0 Å². The molecular formula is C2H4BrN3. The monoisotopic (exact) mass is 149 g/mol.